The molecule has 0 saturated carbocycles. The molecule has 3 rings (SSSR count). The molecule has 0 N–H and O–H groups in total. The molecule has 0 unspecified atom stereocenters. The highest BCUT2D eigenvalue weighted by Crippen LogP contribution is 2.15. The Balaban J connectivity index is 1.81. The highest BCUT2D eigenvalue weighted by molar-refractivity contribution is 5.83. The highest BCUT2D eigenvalue weighted by atomic mass is 16.5. The molecule has 0 bridgehead atoms. The van der Waals surface area contributed by atoms with Gasteiger partial charge < -0.3 is 9.64 Å². The van der Waals surface area contributed by atoms with Crippen molar-refractivity contribution in [2.24, 2.45) is 5.92 Å². The van der Waals surface area contributed by atoms with Crippen LogP contribution in [-0.2, 0) is 16.1 Å². The third kappa shape index (κ3) is 3.33. The first-order chi connectivity index (χ1) is 11.6. The monoisotopic (exact) mass is 329 g/mol. The molecule has 1 saturated heterocycles. The summed E-state index contributed by atoms with van der Waals surface area (Å²) in [6.07, 6.45) is 0.983. The number of ether oxygens (including phenoxy) is 1. The van der Waals surface area contributed by atoms with Gasteiger partial charge in [-0.3, -0.25) is 9.59 Å². The molecule has 2 aromatic rings. The molecule has 24 heavy (non-hydrogen) atoms. The summed E-state index contributed by atoms with van der Waals surface area (Å²) in [4.78, 5) is 27.0. The number of nitrogens with zero attached hydrogens (tertiary/aromatic N) is 3. The Hall–Kier alpha value is -2.21. The Morgan fingerprint density at radius 2 is 2.12 bits per heavy atom. The first-order valence-electron chi connectivity index (χ1n) is 8.42. The summed E-state index contributed by atoms with van der Waals surface area (Å²) < 4.78 is 6.66. The lowest BCUT2D eigenvalue weighted by molar-refractivity contribution is -0.132. The van der Waals surface area contributed by atoms with Crippen LogP contribution in [0.15, 0.2) is 29.1 Å². The summed E-state index contributed by atoms with van der Waals surface area (Å²) in [7, 11) is 0. The van der Waals surface area contributed by atoms with Gasteiger partial charge in [-0.2, -0.15) is 5.10 Å². The maximum absolute atomic E-state index is 12.6. The number of hydrogen-bond donors (Lipinski definition) is 0. The summed E-state index contributed by atoms with van der Waals surface area (Å²) in [5, 5.41) is 5.76. The molecule has 1 amide bonds. The average molecular weight is 329 g/mol. The van der Waals surface area contributed by atoms with Crippen molar-refractivity contribution in [1.82, 2.24) is 14.7 Å². The first kappa shape index (κ1) is 16.6. The minimum atomic E-state index is -0.218. The number of carbonyl (C=O) groups excluding carboxylic acids is 1. The summed E-state index contributed by atoms with van der Waals surface area (Å²) in [5.74, 6) is 0.311. The third-order valence-corrected chi connectivity index (χ3v) is 4.57. The summed E-state index contributed by atoms with van der Waals surface area (Å²) in [6, 6.07) is 7.37. The van der Waals surface area contributed by atoms with Gasteiger partial charge in [0.2, 0.25) is 5.91 Å². The fraction of sp³-hybridized carbons (Fsp3) is 0.500. The standard InChI is InChI=1S/C18H23N3O3/c1-3-20(10-14-8-9-24-12-14)17(22)11-21-18(23)16-7-5-4-6-15(16)13(2)19-21/h4-7,14H,3,8-12H2,1-2H3/t14-/m1/s1. The number of hydrogen-bond acceptors (Lipinski definition) is 4. The Morgan fingerprint density at radius 1 is 1.38 bits per heavy atom. The van der Waals surface area contributed by atoms with Crippen LogP contribution in [0.5, 0.6) is 0 Å². The van der Waals surface area contributed by atoms with Gasteiger partial charge >= 0.3 is 0 Å². The smallest absolute Gasteiger partial charge is 0.275 e. The Bertz CT molecular complexity index is 794. The van der Waals surface area contributed by atoms with Gasteiger partial charge in [0, 0.05) is 31.0 Å². The number of carbonyl (C=O) groups is 1. The van der Waals surface area contributed by atoms with E-state index in [1.807, 2.05) is 32.0 Å². The molecule has 1 aromatic heterocycles. The van der Waals surface area contributed by atoms with Crippen LogP contribution in [0.2, 0.25) is 0 Å². The number of aryl methyl sites for hydroxylation is 1. The number of benzene rings is 1. The second-order valence-electron chi connectivity index (χ2n) is 6.26. The van der Waals surface area contributed by atoms with E-state index in [1.54, 1.807) is 11.0 Å². The van der Waals surface area contributed by atoms with Gasteiger partial charge in [-0.15, -0.1) is 0 Å². The maximum atomic E-state index is 12.6. The van der Waals surface area contributed by atoms with Crippen LogP contribution in [0, 0.1) is 12.8 Å². The van der Waals surface area contributed by atoms with E-state index in [0.29, 0.717) is 31.0 Å². The maximum Gasteiger partial charge on any atom is 0.275 e. The zero-order chi connectivity index (χ0) is 17.1. The van der Waals surface area contributed by atoms with Crippen molar-refractivity contribution < 1.29 is 9.53 Å². The van der Waals surface area contributed by atoms with Crippen molar-refractivity contribution in [1.29, 1.82) is 0 Å². The highest BCUT2D eigenvalue weighted by Gasteiger charge is 2.22. The van der Waals surface area contributed by atoms with Crippen LogP contribution in [0.3, 0.4) is 0 Å². The molecule has 6 heteroatoms. The molecule has 6 nitrogen and oxygen atoms in total. The van der Waals surface area contributed by atoms with E-state index in [0.717, 1.165) is 24.1 Å². The molecule has 2 heterocycles. The molecular weight excluding hydrogens is 306 g/mol. The SMILES string of the molecule is CCN(C[C@H]1CCOC1)C(=O)Cn1nc(C)c2ccccc2c1=O. The van der Waals surface area contributed by atoms with Crippen molar-refractivity contribution in [3.63, 3.8) is 0 Å². The van der Waals surface area contributed by atoms with Crippen LogP contribution in [0.4, 0.5) is 0 Å². The quantitative estimate of drug-likeness (QED) is 0.836. The van der Waals surface area contributed by atoms with E-state index in [9.17, 15) is 9.59 Å². The molecule has 1 aliphatic rings. The molecule has 0 aliphatic carbocycles. The predicted octanol–water partition coefficient (Wildman–Crippen LogP) is 1.59. The number of rotatable bonds is 5. The lowest BCUT2D eigenvalue weighted by Gasteiger charge is -2.24. The van der Waals surface area contributed by atoms with Gasteiger partial charge in [0.05, 0.1) is 17.7 Å². The van der Waals surface area contributed by atoms with E-state index in [1.165, 1.54) is 4.68 Å². The van der Waals surface area contributed by atoms with Gasteiger partial charge in [0.15, 0.2) is 0 Å². The van der Waals surface area contributed by atoms with Crippen LogP contribution < -0.4 is 5.56 Å². The van der Waals surface area contributed by atoms with Crippen LogP contribution in [0.25, 0.3) is 10.8 Å². The first-order valence-corrected chi connectivity index (χ1v) is 8.42. The largest absolute Gasteiger partial charge is 0.381 e. The number of amides is 1. The van der Waals surface area contributed by atoms with E-state index in [4.69, 9.17) is 4.74 Å². The van der Waals surface area contributed by atoms with E-state index < -0.39 is 0 Å². The molecular formula is C18H23N3O3. The zero-order valence-electron chi connectivity index (χ0n) is 14.2. The second kappa shape index (κ2) is 7.13. The summed E-state index contributed by atoms with van der Waals surface area (Å²) >= 11 is 0. The fourth-order valence-corrected chi connectivity index (χ4v) is 3.19. The molecule has 1 fully saturated rings. The van der Waals surface area contributed by atoms with E-state index in [-0.39, 0.29) is 18.0 Å². The molecule has 0 spiro atoms. The van der Waals surface area contributed by atoms with Crippen molar-refractivity contribution in [2.75, 3.05) is 26.3 Å². The number of fused-ring (bicyclic) bond motifs is 1. The van der Waals surface area contributed by atoms with Crippen molar-refractivity contribution in [2.45, 2.75) is 26.8 Å². The van der Waals surface area contributed by atoms with Gasteiger partial charge in [0.25, 0.3) is 5.56 Å². The van der Waals surface area contributed by atoms with Crippen molar-refractivity contribution in [3.05, 3.63) is 40.3 Å². The number of likely N-dealkylation sites (N-methyl/N-ethyl adjacent to an activating group) is 1. The van der Waals surface area contributed by atoms with Gasteiger partial charge in [0.1, 0.15) is 6.54 Å². The zero-order valence-corrected chi connectivity index (χ0v) is 14.2. The summed E-state index contributed by atoms with van der Waals surface area (Å²) in [5.41, 5.74) is 0.537. The van der Waals surface area contributed by atoms with E-state index in [2.05, 4.69) is 5.10 Å². The lowest BCUT2D eigenvalue weighted by Crippen LogP contribution is -2.40. The molecule has 1 atom stereocenters. The van der Waals surface area contributed by atoms with Gasteiger partial charge in [-0.1, -0.05) is 18.2 Å². The topological polar surface area (TPSA) is 64.4 Å². The predicted molar refractivity (Wildman–Crippen MR) is 91.9 cm³/mol. The van der Waals surface area contributed by atoms with Gasteiger partial charge in [-0.05, 0) is 26.3 Å². The molecule has 0 radical (unpaired) electrons. The normalized spacial score (nSPS) is 17.3. The second-order valence-corrected chi connectivity index (χ2v) is 6.26. The Kier molecular flexibility index (Phi) is 4.94. The van der Waals surface area contributed by atoms with Crippen LogP contribution in [0.1, 0.15) is 19.0 Å². The fourth-order valence-electron chi connectivity index (χ4n) is 3.19. The number of aromatic nitrogens is 2. The van der Waals surface area contributed by atoms with Gasteiger partial charge in [-0.25, -0.2) is 4.68 Å². The molecule has 128 valence electrons. The molecule has 1 aliphatic heterocycles. The minimum Gasteiger partial charge on any atom is -0.381 e. The third-order valence-electron chi connectivity index (χ3n) is 4.57. The van der Waals surface area contributed by atoms with Crippen molar-refractivity contribution in [3.8, 4) is 0 Å². The van der Waals surface area contributed by atoms with Crippen LogP contribution >= 0.6 is 0 Å². The minimum absolute atomic E-state index is 0.0219. The summed E-state index contributed by atoms with van der Waals surface area (Å²) in [6.45, 7) is 6.56. The Morgan fingerprint density at radius 3 is 2.79 bits per heavy atom. The molecule has 1 aromatic carbocycles. The lowest BCUT2D eigenvalue weighted by atomic mass is 10.1. The average Bonchev–Trinajstić information content (AvgIpc) is 3.10. The van der Waals surface area contributed by atoms with Crippen molar-refractivity contribution >= 4 is 16.7 Å². The Labute approximate surface area is 141 Å². The van der Waals surface area contributed by atoms with Crippen LogP contribution in [-0.4, -0.2) is 46.9 Å². The van der Waals surface area contributed by atoms with E-state index >= 15 is 0 Å².